The summed E-state index contributed by atoms with van der Waals surface area (Å²) in [6.07, 6.45) is 3.41. The van der Waals surface area contributed by atoms with Gasteiger partial charge in [-0.25, -0.2) is 9.69 Å². The molecule has 1 saturated heterocycles. The highest BCUT2D eigenvalue weighted by Gasteiger charge is 2.52. The second-order valence-corrected chi connectivity index (χ2v) is 6.77. The first-order valence-electron chi connectivity index (χ1n) is 8.18. The molecule has 0 radical (unpaired) electrons. The Morgan fingerprint density at radius 3 is 2.64 bits per heavy atom. The number of urea groups is 1. The third-order valence-corrected chi connectivity index (χ3v) is 4.91. The number of carbonyl (C=O) groups excluding carboxylic acids is 2. The van der Waals surface area contributed by atoms with Gasteiger partial charge in [0.2, 0.25) is 0 Å². The van der Waals surface area contributed by atoms with Crippen molar-refractivity contribution in [2.75, 3.05) is 19.8 Å². The molecule has 1 aliphatic heterocycles. The van der Waals surface area contributed by atoms with Crippen LogP contribution in [-0.4, -0.2) is 47.0 Å². The van der Waals surface area contributed by atoms with E-state index in [0.717, 1.165) is 25.7 Å². The topological polar surface area (TPSA) is 76.4 Å². The van der Waals surface area contributed by atoms with Crippen LogP contribution in [-0.2, 0) is 4.79 Å². The number of hydrogen-bond acceptors (Lipinski definition) is 4. The lowest BCUT2D eigenvalue weighted by Gasteiger charge is -2.34. The summed E-state index contributed by atoms with van der Waals surface area (Å²) in [7, 11) is 0. The Morgan fingerprint density at radius 2 is 2.09 bits per heavy atom. The second-order valence-electron chi connectivity index (χ2n) is 6.77. The van der Waals surface area contributed by atoms with E-state index in [4.69, 9.17) is 5.26 Å². The zero-order chi connectivity index (χ0) is 16.3. The van der Waals surface area contributed by atoms with Crippen molar-refractivity contribution >= 4 is 11.9 Å². The molecule has 0 bridgehead atoms. The molecule has 1 aliphatic carbocycles. The molecule has 1 N–H and O–H groups in total. The van der Waals surface area contributed by atoms with Gasteiger partial charge in [-0.1, -0.05) is 13.8 Å². The number of nitrogens with one attached hydrogen (secondary N) is 1. The van der Waals surface area contributed by atoms with E-state index in [1.165, 1.54) is 4.90 Å². The Bertz CT molecular complexity index is 477. The van der Waals surface area contributed by atoms with E-state index in [0.29, 0.717) is 19.0 Å². The number of hydrogen-bond donors (Lipinski definition) is 1. The summed E-state index contributed by atoms with van der Waals surface area (Å²) in [5, 5.41) is 11.9. The van der Waals surface area contributed by atoms with E-state index in [1.807, 2.05) is 18.7 Å². The maximum atomic E-state index is 12.8. The molecule has 0 aromatic rings. The quantitative estimate of drug-likeness (QED) is 0.787. The largest absolute Gasteiger partial charge is 0.326 e. The Kier molecular flexibility index (Phi) is 5.07. The maximum absolute atomic E-state index is 12.8. The Balaban J connectivity index is 2.04. The van der Waals surface area contributed by atoms with Crippen molar-refractivity contribution in [2.24, 2.45) is 11.8 Å². The average molecular weight is 306 g/mol. The molecule has 1 saturated carbocycles. The lowest BCUT2D eigenvalue weighted by molar-refractivity contribution is -0.134. The van der Waals surface area contributed by atoms with Crippen LogP contribution in [0.1, 0.15) is 46.5 Å². The van der Waals surface area contributed by atoms with Crippen molar-refractivity contribution in [1.82, 2.24) is 15.1 Å². The van der Waals surface area contributed by atoms with E-state index in [9.17, 15) is 9.59 Å². The van der Waals surface area contributed by atoms with Gasteiger partial charge in [0.1, 0.15) is 5.54 Å². The summed E-state index contributed by atoms with van der Waals surface area (Å²) in [6.45, 7) is 7.54. The Morgan fingerprint density at radius 1 is 1.45 bits per heavy atom. The fourth-order valence-electron chi connectivity index (χ4n) is 3.31. The molecule has 1 unspecified atom stereocenters. The minimum absolute atomic E-state index is 0.0903. The maximum Gasteiger partial charge on any atom is 0.326 e. The molecule has 2 aliphatic rings. The summed E-state index contributed by atoms with van der Waals surface area (Å²) in [5.41, 5.74) is -0.677. The van der Waals surface area contributed by atoms with Gasteiger partial charge in [-0.15, -0.1) is 0 Å². The molecule has 1 spiro atoms. The number of imide groups is 1. The van der Waals surface area contributed by atoms with Gasteiger partial charge >= 0.3 is 6.03 Å². The Labute approximate surface area is 132 Å². The van der Waals surface area contributed by atoms with E-state index >= 15 is 0 Å². The summed E-state index contributed by atoms with van der Waals surface area (Å²) in [4.78, 5) is 28.3. The summed E-state index contributed by atoms with van der Waals surface area (Å²) in [5.74, 6) is 0.408. The summed E-state index contributed by atoms with van der Waals surface area (Å²) in [6, 6.07) is 1.90. The molecule has 6 nitrogen and oxygen atoms in total. The molecule has 2 fully saturated rings. The van der Waals surface area contributed by atoms with Crippen LogP contribution >= 0.6 is 0 Å². The monoisotopic (exact) mass is 306 g/mol. The number of carbonyl (C=O) groups is 2. The molecular weight excluding hydrogens is 280 g/mol. The number of rotatable bonds is 5. The SMILES string of the molecule is CCN(CC(C)C#N)CN1C(=O)NC2(CCC(C)CC2)C1=O. The molecule has 0 aromatic carbocycles. The van der Waals surface area contributed by atoms with Crippen molar-refractivity contribution in [3.05, 3.63) is 0 Å². The molecule has 1 heterocycles. The average Bonchev–Trinajstić information content (AvgIpc) is 2.73. The van der Waals surface area contributed by atoms with Crippen LogP contribution in [0.2, 0.25) is 0 Å². The van der Waals surface area contributed by atoms with Gasteiger partial charge in [-0.2, -0.15) is 5.26 Å². The first kappa shape index (κ1) is 16.8. The van der Waals surface area contributed by atoms with Gasteiger partial charge < -0.3 is 5.32 Å². The number of nitriles is 1. The van der Waals surface area contributed by atoms with Crippen LogP contribution in [0, 0.1) is 23.2 Å². The fourth-order valence-corrected chi connectivity index (χ4v) is 3.31. The van der Waals surface area contributed by atoms with Crippen LogP contribution in [0.15, 0.2) is 0 Å². The van der Waals surface area contributed by atoms with Crippen LogP contribution in [0.3, 0.4) is 0 Å². The van der Waals surface area contributed by atoms with Gasteiger partial charge in [0, 0.05) is 6.54 Å². The molecular formula is C16H26N4O2. The second kappa shape index (κ2) is 6.66. The van der Waals surface area contributed by atoms with Crippen molar-refractivity contribution in [1.29, 1.82) is 5.26 Å². The predicted octanol–water partition coefficient (Wildman–Crippen LogP) is 1.93. The molecule has 6 heteroatoms. The highest BCUT2D eigenvalue weighted by Crippen LogP contribution is 2.36. The molecule has 22 heavy (non-hydrogen) atoms. The third-order valence-electron chi connectivity index (χ3n) is 4.91. The molecule has 1 atom stereocenters. The third kappa shape index (κ3) is 3.25. The normalized spacial score (nSPS) is 29.8. The van der Waals surface area contributed by atoms with Crippen molar-refractivity contribution < 1.29 is 9.59 Å². The van der Waals surface area contributed by atoms with Crippen LogP contribution in [0.5, 0.6) is 0 Å². The fraction of sp³-hybridized carbons (Fsp3) is 0.812. The predicted molar refractivity (Wildman–Crippen MR) is 82.6 cm³/mol. The van der Waals surface area contributed by atoms with Crippen molar-refractivity contribution in [3.8, 4) is 6.07 Å². The molecule has 2 rings (SSSR count). The minimum atomic E-state index is -0.677. The van der Waals surface area contributed by atoms with Crippen LogP contribution in [0.4, 0.5) is 4.79 Å². The van der Waals surface area contributed by atoms with Crippen LogP contribution < -0.4 is 5.32 Å². The van der Waals surface area contributed by atoms with Gasteiger partial charge in [-0.3, -0.25) is 9.69 Å². The molecule has 122 valence electrons. The Hall–Kier alpha value is -1.61. The standard InChI is InChI=1S/C16H26N4O2/c1-4-19(10-13(3)9-17)11-20-14(21)16(18-15(20)22)7-5-12(2)6-8-16/h12-13H,4-8,10-11H2,1-3H3,(H,18,22). The summed E-state index contributed by atoms with van der Waals surface area (Å²) >= 11 is 0. The molecule has 3 amide bonds. The molecule has 0 aromatic heterocycles. The number of nitrogens with zero attached hydrogens (tertiary/aromatic N) is 3. The first-order chi connectivity index (χ1) is 10.4. The lowest BCUT2D eigenvalue weighted by atomic mass is 9.77. The lowest BCUT2D eigenvalue weighted by Crippen LogP contribution is -2.50. The number of amides is 3. The van der Waals surface area contributed by atoms with Crippen LogP contribution in [0.25, 0.3) is 0 Å². The minimum Gasteiger partial charge on any atom is -0.323 e. The van der Waals surface area contributed by atoms with E-state index in [-0.39, 0.29) is 24.5 Å². The van der Waals surface area contributed by atoms with Gasteiger partial charge in [0.15, 0.2) is 0 Å². The van der Waals surface area contributed by atoms with Crippen molar-refractivity contribution in [2.45, 2.75) is 52.0 Å². The van der Waals surface area contributed by atoms with E-state index in [1.54, 1.807) is 0 Å². The zero-order valence-electron chi connectivity index (χ0n) is 13.8. The first-order valence-corrected chi connectivity index (χ1v) is 8.18. The summed E-state index contributed by atoms with van der Waals surface area (Å²) < 4.78 is 0. The highest BCUT2D eigenvalue weighted by atomic mass is 16.2. The highest BCUT2D eigenvalue weighted by molar-refractivity contribution is 6.07. The van der Waals surface area contributed by atoms with Gasteiger partial charge in [0.05, 0.1) is 18.7 Å². The van der Waals surface area contributed by atoms with Gasteiger partial charge in [-0.05, 0) is 45.1 Å². The zero-order valence-corrected chi connectivity index (χ0v) is 13.8. The van der Waals surface area contributed by atoms with E-state index < -0.39 is 5.54 Å². The van der Waals surface area contributed by atoms with Crippen molar-refractivity contribution in [3.63, 3.8) is 0 Å². The van der Waals surface area contributed by atoms with E-state index in [2.05, 4.69) is 18.3 Å². The van der Waals surface area contributed by atoms with Gasteiger partial charge in [0.25, 0.3) is 5.91 Å². The smallest absolute Gasteiger partial charge is 0.323 e.